The van der Waals surface area contributed by atoms with Crippen molar-refractivity contribution in [3.63, 3.8) is 0 Å². The fraction of sp³-hybridized carbons (Fsp3) is 1.00. The highest BCUT2D eigenvalue weighted by atomic mass is 35.5. The Balaban J connectivity index is 2.10. The fourth-order valence-corrected chi connectivity index (χ4v) is 2.65. The van der Waals surface area contributed by atoms with E-state index in [1.807, 2.05) is 0 Å². The van der Waals surface area contributed by atoms with Gasteiger partial charge in [0.15, 0.2) is 0 Å². The smallest absolute Gasteiger partial charge is 0.0225 e. The Hall–Kier alpha value is 0.250. The summed E-state index contributed by atoms with van der Waals surface area (Å²) in [6, 6.07) is 0.873. The molecule has 1 aliphatic carbocycles. The van der Waals surface area contributed by atoms with Gasteiger partial charge in [-0.1, -0.05) is 19.8 Å². The first-order valence-electron chi connectivity index (χ1n) is 6.00. The molecule has 84 valence electrons. The topological polar surface area (TPSA) is 3.24 Å². The van der Waals surface area contributed by atoms with Crippen molar-refractivity contribution >= 4 is 11.6 Å². The number of nitrogens with zero attached hydrogens (tertiary/aromatic N) is 1. The molecule has 0 radical (unpaired) electrons. The van der Waals surface area contributed by atoms with Crippen LogP contribution in [0.25, 0.3) is 0 Å². The molecule has 1 rings (SSSR count). The molecule has 0 amide bonds. The van der Waals surface area contributed by atoms with E-state index < -0.39 is 0 Å². The number of hydrogen-bond acceptors (Lipinski definition) is 1. The van der Waals surface area contributed by atoms with Crippen LogP contribution < -0.4 is 0 Å². The van der Waals surface area contributed by atoms with Crippen LogP contribution in [0.3, 0.4) is 0 Å². The Kier molecular flexibility index (Phi) is 5.88. The molecule has 0 spiro atoms. The lowest BCUT2D eigenvalue weighted by Crippen LogP contribution is -2.30. The first-order chi connectivity index (χ1) is 6.74. The first kappa shape index (κ1) is 12.3. The molecule has 1 atom stereocenters. The van der Waals surface area contributed by atoms with Crippen LogP contribution in [0.2, 0.25) is 0 Å². The van der Waals surface area contributed by atoms with Crippen LogP contribution in [-0.4, -0.2) is 30.4 Å². The van der Waals surface area contributed by atoms with Crippen LogP contribution >= 0.6 is 11.6 Å². The van der Waals surface area contributed by atoms with Gasteiger partial charge in [-0.25, -0.2) is 0 Å². The molecule has 0 aromatic heterocycles. The van der Waals surface area contributed by atoms with Gasteiger partial charge in [-0.3, -0.25) is 0 Å². The van der Waals surface area contributed by atoms with E-state index in [0.29, 0.717) is 0 Å². The minimum Gasteiger partial charge on any atom is -0.303 e. The third-order valence-corrected chi connectivity index (χ3v) is 3.74. The molecule has 1 nitrogen and oxygen atoms in total. The van der Waals surface area contributed by atoms with Gasteiger partial charge < -0.3 is 4.90 Å². The summed E-state index contributed by atoms with van der Waals surface area (Å²) in [5, 5.41) is 0. The molecule has 0 heterocycles. The molecule has 0 saturated heterocycles. The average Bonchev–Trinajstić information content (AvgIpc) is 2.67. The zero-order valence-corrected chi connectivity index (χ0v) is 10.4. The van der Waals surface area contributed by atoms with E-state index in [9.17, 15) is 0 Å². The summed E-state index contributed by atoms with van der Waals surface area (Å²) in [4.78, 5) is 2.55. The van der Waals surface area contributed by atoms with Crippen molar-refractivity contribution in [1.82, 2.24) is 4.90 Å². The third kappa shape index (κ3) is 4.18. The van der Waals surface area contributed by atoms with Gasteiger partial charge >= 0.3 is 0 Å². The van der Waals surface area contributed by atoms with Crippen LogP contribution in [0.1, 0.15) is 45.4 Å². The summed E-state index contributed by atoms with van der Waals surface area (Å²) >= 11 is 5.73. The number of hydrogen-bond donors (Lipinski definition) is 0. The van der Waals surface area contributed by atoms with E-state index in [0.717, 1.165) is 17.8 Å². The summed E-state index contributed by atoms with van der Waals surface area (Å²) in [6.45, 7) is 3.56. The van der Waals surface area contributed by atoms with Crippen molar-refractivity contribution in [3.05, 3.63) is 0 Å². The molecule has 0 bridgehead atoms. The Morgan fingerprint density at radius 3 is 2.50 bits per heavy atom. The molecular weight excluding hydrogens is 194 g/mol. The van der Waals surface area contributed by atoms with E-state index in [-0.39, 0.29) is 0 Å². The van der Waals surface area contributed by atoms with Gasteiger partial charge in [-0.2, -0.15) is 0 Å². The monoisotopic (exact) mass is 217 g/mol. The molecule has 2 heteroatoms. The van der Waals surface area contributed by atoms with E-state index in [2.05, 4.69) is 18.9 Å². The number of halogens is 1. The van der Waals surface area contributed by atoms with E-state index in [4.69, 9.17) is 11.6 Å². The first-order valence-corrected chi connectivity index (χ1v) is 6.53. The van der Waals surface area contributed by atoms with Gasteiger partial charge in [0, 0.05) is 11.9 Å². The zero-order chi connectivity index (χ0) is 10.4. The number of alkyl halides is 1. The Bertz CT molecular complexity index is 143. The lowest BCUT2D eigenvalue weighted by Gasteiger charge is -2.25. The van der Waals surface area contributed by atoms with Crippen LogP contribution in [0.4, 0.5) is 0 Å². The Labute approximate surface area is 93.8 Å². The maximum Gasteiger partial charge on any atom is 0.0225 e. The predicted molar refractivity (Wildman–Crippen MR) is 64.0 cm³/mol. The molecule has 1 fully saturated rings. The molecule has 0 aromatic rings. The van der Waals surface area contributed by atoms with Crippen molar-refractivity contribution in [1.29, 1.82) is 0 Å². The van der Waals surface area contributed by atoms with Crippen molar-refractivity contribution in [3.8, 4) is 0 Å². The Morgan fingerprint density at radius 2 is 1.93 bits per heavy atom. The highest BCUT2D eigenvalue weighted by molar-refractivity contribution is 6.17. The number of rotatable bonds is 6. The van der Waals surface area contributed by atoms with Gasteiger partial charge in [0.2, 0.25) is 0 Å². The second-order valence-corrected chi connectivity index (χ2v) is 5.17. The quantitative estimate of drug-likeness (QED) is 0.616. The average molecular weight is 218 g/mol. The predicted octanol–water partition coefficient (Wildman–Crippen LogP) is 3.52. The fourth-order valence-electron chi connectivity index (χ4n) is 2.28. The molecule has 0 N–H and O–H groups in total. The highest BCUT2D eigenvalue weighted by Gasteiger charge is 2.19. The highest BCUT2D eigenvalue weighted by Crippen LogP contribution is 2.23. The summed E-state index contributed by atoms with van der Waals surface area (Å²) in [6.07, 6.45) is 8.18. The molecule has 1 unspecified atom stereocenters. The molecule has 0 aromatic carbocycles. The largest absolute Gasteiger partial charge is 0.303 e. The van der Waals surface area contributed by atoms with Crippen LogP contribution in [0.5, 0.6) is 0 Å². The van der Waals surface area contributed by atoms with E-state index in [1.165, 1.54) is 45.1 Å². The SMILES string of the molecule is CC(CCCl)CCN(C)C1CCCC1. The van der Waals surface area contributed by atoms with Gasteiger partial charge in [-0.15, -0.1) is 11.6 Å². The Morgan fingerprint density at radius 1 is 1.29 bits per heavy atom. The van der Waals surface area contributed by atoms with Crippen molar-refractivity contribution in [2.75, 3.05) is 19.5 Å². The summed E-state index contributed by atoms with van der Waals surface area (Å²) in [7, 11) is 2.28. The van der Waals surface area contributed by atoms with Crippen molar-refractivity contribution in [2.24, 2.45) is 5.92 Å². The standard InChI is InChI=1S/C12H24ClN/c1-11(7-9-13)8-10-14(2)12-5-3-4-6-12/h11-12H,3-10H2,1-2H3. The normalized spacial score (nSPS) is 20.6. The van der Waals surface area contributed by atoms with Crippen molar-refractivity contribution in [2.45, 2.75) is 51.5 Å². The lowest BCUT2D eigenvalue weighted by molar-refractivity contribution is 0.229. The van der Waals surface area contributed by atoms with Crippen LogP contribution in [-0.2, 0) is 0 Å². The second kappa shape index (κ2) is 6.68. The molecule has 0 aliphatic heterocycles. The van der Waals surface area contributed by atoms with E-state index in [1.54, 1.807) is 0 Å². The maximum absolute atomic E-state index is 5.73. The van der Waals surface area contributed by atoms with Crippen LogP contribution in [0, 0.1) is 5.92 Å². The molecule has 1 saturated carbocycles. The minimum atomic E-state index is 0.788. The molecular formula is C12H24ClN. The van der Waals surface area contributed by atoms with Gasteiger partial charge in [0.05, 0.1) is 0 Å². The summed E-state index contributed by atoms with van der Waals surface area (Å²) in [5.41, 5.74) is 0. The molecule has 1 aliphatic rings. The maximum atomic E-state index is 5.73. The zero-order valence-electron chi connectivity index (χ0n) is 9.64. The van der Waals surface area contributed by atoms with Gasteiger partial charge in [-0.05, 0) is 45.2 Å². The van der Waals surface area contributed by atoms with Gasteiger partial charge in [0.1, 0.15) is 0 Å². The lowest BCUT2D eigenvalue weighted by atomic mass is 10.0. The van der Waals surface area contributed by atoms with Crippen LogP contribution in [0.15, 0.2) is 0 Å². The van der Waals surface area contributed by atoms with Gasteiger partial charge in [0.25, 0.3) is 0 Å². The second-order valence-electron chi connectivity index (χ2n) is 4.79. The summed E-state index contributed by atoms with van der Waals surface area (Å²) < 4.78 is 0. The molecule has 14 heavy (non-hydrogen) atoms. The summed E-state index contributed by atoms with van der Waals surface area (Å²) in [5.74, 6) is 1.60. The van der Waals surface area contributed by atoms with E-state index >= 15 is 0 Å². The third-order valence-electron chi connectivity index (χ3n) is 3.52. The van der Waals surface area contributed by atoms with Crippen molar-refractivity contribution < 1.29 is 0 Å². The minimum absolute atomic E-state index is 0.788.